The normalized spacial score (nSPS) is 17.8. The van der Waals surface area contributed by atoms with Gasteiger partial charge in [-0.25, -0.2) is 0 Å². The Morgan fingerprint density at radius 2 is 2.00 bits per heavy atom. The molecule has 4 nitrogen and oxygen atoms in total. The quantitative estimate of drug-likeness (QED) is 0.859. The molecule has 2 aromatic rings. The molecule has 1 aromatic heterocycles. The summed E-state index contributed by atoms with van der Waals surface area (Å²) in [7, 11) is 2.14. The highest BCUT2D eigenvalue weighted by Crippen LogP contribution is 2.38. The number of amides is 1. The molecule has 0 saturated heterocycles. The molecule has 0 fully saturated rings. The molecule has 3 rings (SSSR count). The summed E-state index contributed by atoms with van der Waals surface area (Å²) in [5.41, 5.74) is 4.18. The summed E-state index contributed by atoms with van der Waals surface area (Å²) >= 11 is 0. The van der Waals surface area contributed by atoms with Crippen LogP contribution in [0.4, 0.5) is 0 Å². The Bertz CT molecular complexity index is 769. The Labute approximate surface area is 151 Å². The lowest BCUT2D eigenvalue weighted by atomic mass is 9.94. The van der Waals surface area contributed by atoms with E-state index in [1.165, 1.54) is 22.2 Å². The van der Waals surface area contributed by atoms with E-state index < -0.39 is 0 Å². The summed E-state index contributed by atoms with van der Waals surface area (Å²) in [6.07, 6.45) is 3.01. The fraction of sp³-hybridized carbons (Fsp3) is 0.571. The standard InChI is InChI=1S/C21H31N3O/c1-15(25)24-14-12-17-16-9-6-7-10-18(16)23(5)20(17)19(24)11-8-13-22-21(2,3)4/h6-7,9-10,19,22H,8,11-14H2,1-5H3. The molecule has 0 bridgehead atoms. The van der Waals surface area contributed by atoms with Gasteiger partial charge in [0.1, 0.15) is 0 Å². The van der Waals surface area contributed by atoms with Gasteiger partial charge in [0.05, 0.1) is 6.04 Å². The number of para-hydroxylation sites is 1. The Balaban J connectivity index is 1.90. The molecular weight excluding hydrogens is 310 g/mol. The zero-order valence-electron chi connectivity index (χ0n) is 16.2. The predicted octanol–water partition coefficient (Wildman–Crippen LogP) is 3.79. The lowest BCUT2D eigenvalue weighted by Gasteiger charge is -2.36. The SMILES string of the molecule is CC(=O)N1CCc2c(n(C)c3ccccc23)C1CCCNC(C)(C)C. The molecular formula is C21H31N3O. The molecule has 2 heterocycles. The van der Waals surface area contributed by atoms with Crippen molar-refractivity contribution in [2.45, 2.75) is 58.5 Å². The van der Waals surface area contributed by atoms with E-state index in [0.29, 0.717) is 0 Å². The van der Waals surface area contributed by atoms with Gasteiger partial charge in [-0.05, 0) is 58.2 Å². The number of nitrogens with zero attached hydrogens (tertiary/aromatic N) is 2. The molecule has 0 aliphatic carbocycles. The first kappa shape index (κ1) is 18.0. The second-order valence-corrected chi connectivity index (χ2v) is 8.24. The van der Waals surface area contributed by atoms with Crippen LogP contribution in [0, 0.1) is 0 Å². The first-order chi connectivity index (χ1) is 11.8. The number of benzene rings is 1. The van der Waals surface area contributed by atoms with Crippen molar-refractivity contribution >= 4 is 16.8 Å². The van der Waals surface area contributed by atoms with Crippen molar-refractivity contribution in [3.8, 4) is 0 Å². The zero-order chi connectivity index (χ0) is 18.2. The van der Waals surface area contributed by atoms with Crippen LogP contribution < -0.4 is 5.32 Å². The van der Waals surface area contributed by atoms with Gasteiger partial charge in [-0.15, -0.1) is 0 Å². The number of rotatable bonds is 4. The number of aryl methyl sites for hydroxylation is 1. The van der Waals surface area contributed by atoms with Gasteiger partial charge >= 0.3 is 0 Å². The fourth-order valence-corrected chi connectivity index (χ4v) is 4.14. The summed E-state index contributed by atoms with van der Waals surface area (Å²) in [6, 6.07) is 8.79. The summed E-state index contributed by atoms with van der Waals surface area (Å²) in [5, 5.41) is 4.91. The Morgan fingerprint density at radius 3 is 2.68 bits per heavy atom. The number of carbonyl (C=O) groups excluding carboxylic acids is 1. The van der Waals surface area contributed by atoms with Crippen LogP contribution in [0.25, 0.3) is 10.9 Å². The van der Waals surface area contributed by atoms with E-state index in [4.69, 9.17) is 0 Å². The number of hydrogen-bond donors (Lipinski definition) is 1. The molecule has 1 aliphatic rings. The molecule has 0 spiro atoms. The maximum absolute atomic E-state index is 12.2. The maximum Gasteiger partial charge on any atom is 0.220 e. The van der Waals surface area contributed by atoms with Gasteiger partial charge in [0.15, 0.2) is 0 Å². The topological polar surface area (TPSA) is 37.3 Å². The van der Waals surface area contributed by atoms with Crippen molar-refractivity contribution in [2.24, 2.45) is 7.05 Å². The Morgan fingerprint density at radius 1 is 1.28 bits per heavy atom. The summed E-state index contributed by atoms with van der Waals surface area (Å²) in [4.78, 5) is 14.3. The Kier molecular flexibility index (Phi) is 4.92. The van der Waals surface area contributed by atoms with Crippen molar-refractivity contribution in [3.63, 3.8) is 0 Å². The first-order valence-electron chi connectivity index (χ1n) is 9.38. The smallest absolute Gasteiger partial charge is 0.220 e. The number of carbonyl (C=O) groups is 1. The van der Waals surface area contributed by atoms with Crippen molar-refractivity contribution in [1.29, 1.82) is 0 Å². The molecule has 136 valence electrons. The van der Waals surface area contributed by atoms with Gasteiger partial charge in [-0.2, -0.15) is 0 Å². The van der Waals surface area contributed by atoms with Crippen LogP contribution in [0.15, 0.2) is 24.3 Å². The second kappa shape index (κ2) is 6.83. The summed E-state index contributed by atoms with van der Waals surface area (Å²) in [6.45, 7) is 10.1. The highest BCUT2D eigenvalue weighted by atomic mass is 16.2. The van der Waals surface area contributed by atoms with Gasteiger partial charge in [0.25, 0.3) is 0 Å². The molecule has 1 amide bonds. The molecule has 1 aliphatic heterocycles. The average molecular weight is 341 g/mol. The summed E-state index contributed by atoms with van der Waals surface area (Å²) < 4.78 is 2.31. The van der Waals surface area contributed by atoms with Crippen molar-refractivity contribution in [3.05, 3.63) is 35.5 Å². The van der Waals surface area contributed by atoms with E-state index in [9.17, 15) is 4.79 Å². The number of nitrogens with one attached hydrogen (secondary N) is 1. The highest BCUT2D eigenvalue weighted by Gasteiger charge is 2.32. The minimum atomic E-state index is 0.137. The molecule has 0 radical (unpaired) electrons. The third-order valence-electron chi connectivity index (χ3n) is 5.27. The van der Waals surface area contributed by atoms with Gasteiger partial charge in [-0.3, -0.25) is 4.79 Å². The molecule has 1 unspecified atom stereocenters. The number of aromatic nitrogens is 1. The number of hydrogen-bond acceptors (Lipinski definition) is 2. The number of fused-ring (bicyclic) bond motifs is 3. The fourth-order valence-electron chi connectivity index (χ4n) is 4.14. The monoisotopic (exact) mass is 341 g/mol. The molecule has 1 N–H and O–H groups in total. The van der Waals surface area contributed by atoms with Crippen LogP contribution >= 0.6 is 0 Å². The van der Waals surface area contributed by atoms with Crippen LogP contribution in [-0.2, 0) is 18.3 Å². The van der Waals surface area contributed by atoms with E-state index in [1.54, 1.807) is 6.92 Å². The third-order valence-corrected chi connectivity index (χ3v) is 5.27. The van der Waals surface area contributed by atoms with E-state index in [-0.39, 0.29) is 17.5 Å². The minimum Gasteiger partial charge on any atom is -0.346 e. The minimum absolute atomic E-state index is 0.137. The van der Waals surface area contributed by atoms with Crippen LogP contribution in [-0.4, -0.2) is 34.0 Å². The zero-order valence-corrected chi connectivity index (χ0v) is 16.2. The largest absolute Gasteiger partial charge is 0.346 e. The molecule has 25 heavy (non-hydrogen) atoms. The van der Waals surface area contributed by atoms with E-state index in [2.05, 4.69) is 66.9 Å². The lowest BCUT2D eigenvalue weighted by molar-refractivity contribution is -0.132. The van der Waals surface area contributed by atoms with Crippen LogP contribution in [0.1, 0.15) is 57.8 Å². The van der Waals surface area contributed by atoms with Crippen molar-refractivity contribution in [1.82, 2.24) is 14.8 Å². The van der Waals surface area contributed by atoms with Gasteiger partial charge in [0.2, 0.25) is 5.91 Å². The predicted molar refractivity (Wildman–Crippen MR) is 104 cm³/mol. The first-order valence-corrected chi connectivity index (χ1v) is 9.38. The van der Waals surface area contributed by atoms with E-state index in [1.807, 2.05) is 0 Å². The molecule has 1 aromatic carbocycles. The highest BCUT2D eigenvalue weighted by molar-refractivity contribution is 5.86. The lowest BCUT2D eigenvalue weighted by Crippen LogP contribution is -2.40. The van der Waals surface area contributed by atoms with Crippen molar-refractivity contribution in [2.75, 3.05) is 13.1 Å². The molecule has 4 heteroatoms. The van der Waals surface area contributed by atoms with E-state index in [0.717, 1.165) is 32.4 Å². The summed E-state index contributed by atoms with van der Waals surface area (Å²) in [5.74, 6) is 0.185. The molecule has 1 atom stereocenters. The van der Waals surface area contributed by atoms with Crippen LogP contribution in [0.2, 0.25) is 0 Å². The van der Waals surface area contributed by atoms with Crippen molar-refractivity contribution < 1.29 is 4.79 Å². The Hall–Kier alpha value is -1.81. The van der Waals surface area contributed by atoms with Gasteiger partial charge in [0, 0.05) is 42.7 Å². The average Bonchev–Trinajstić information content (AvgIpc) is 2.84. The van der Waals surface area contributed by atoms with Gasteiger partial charge < -0.3 is 14.8 Å². The van der Waals surface area contributed by atoms with E-state index >= 15 is 0 Å². The molecule has 0 saturated carbocycles. The van der Waals surface area contributed by atoms with Crippen LogP contribution in [0.3, 0.4) is 0 Å². The van der Waals surface area contributed by atoms with Gasteiger partial charge in [-0.1, -0.05) is 18.2 Å². The second-order valence-electron chi connectivity index (χ2n) is 8.24. The van der Waals surface area contributed by atoms with Crippen LogP contribution in [0.5, 0.6) is 0 Å². The maximum atomic E-state index is 12.2. The third kappa shape index (κ3) is 3.59.